The normalized spacial score (nSPS) is 17.0. The van der Waals surface area contributed by atoms with E-state index in [0.717, 1.165) is 59.4 Å². The molecule has 1 heterocycles. The SMILES string of the molecule is CCCCCCCCN(CCCCCCCC)CC1CC(c2ccc(CO)cc2)OC(c2cccc(-c3cccc(CNC(=O)CCCC(=O)NO)c3)c2)O1. The van der Waals surface area contributed by atoms with Crippen LogP contribution in [0, 0.1) is 0 Å². The number of unbranched alkanes of at least 4 members (excludes halogenated alkanes) is 10. The Morgan fingerprint density at radius 3 is 1.96 bits per heavy atom. The van der Waals surface area contributed by atoms with Crippen LogP contribution in [-0.2, 0) is 32.2 Å². The van der Waals surface area contributed by atoms with Gasteiger partial charge in [-0.3, -0.25) is 14.8 Å². The molecule has 0 bridgehead atoms. The second-order valence-electron chi connectivity index (χ2n) is 15.2. The predicted octanol–water partition coefficient (Wildman–Crippen LogP) is 9.71. The number of carbonyl (C=O) groups excluding carboxylic acids is 2. The van der Waals surface area contributed by atoms with Crippen LogP contribution in [0.4, 0.5) is 0 Å². The number of aliphatic hydroxyl groups excluding tert-OH is 1. The van der Waals surface area contributed by atoms with Crippen molar-refractivity contribution in [2.75, 3.05) is 19.6 Å². The molecule has 9 heteroatoms. The van der Waals surface area contributed by atoms with Gasteiger partial charge in [-0.25, -0.2) is 5.48 Å². The number of ether oxygens (including phenoxy) is 2. The summed E-state index contributed by atoms with van der Waals surface area (Å²) in [5.41, 5.74) is 7.57. The summed E-state index contributed by atoms with van der Waals surface area (Å²) in [7, 11) is 0. The van der Waals surface area contributed by atoms with Crippen LogP contribution >= 0.6 is 0 Å². The monoisotopic (exact) mass is 758 g/mol. The first kappa shape index (κ1) is 44.1. The van der Waals surface area contributed by atoms with Gasteiger partial charge < -0.3 is 24.8 Å². The number of rotatable bonds is 26. The number of hydrogen-bond acceptors (Lipinski definition) is 7. The van der Waals surface area contributed by atoms with Gasteiger partial charge in [0.1, 0.15) is 0 Å². The van der Waals surface area contributed by atoms with Gasteiger partial charge in [-0.1, -0.05) is 139 Å². The molecule has 4 rings (SSSR count). The summed E-state index contributed by atoms with van der Waals surface area (Å²) >= 11 is 0. The minimum absolute atomic E-state index is 0.00457. The summed E-state index contributed by atoms with van der Waals surface area (Å²) in [6.45, 7) is 7.98. The molecule has 0 spiro atoms. The zero-order valence-corrected chi connectivity index (χ0v) is 33.5. The molecule has 4 N–H and O–H groups in total. The van der Waals surface area contributed by atoms with E-state index in [0.29, 0.717) is 13.0 Å². The van der Waals surface area contributed by atoms with Crippen molar-refractivity contribution in [2.24, 2.45) is 0 Å². The fourth-order valence-electron chi connectivity index (χ4n) is 7.33. The Morgan fingerprint density at radius 2 is 1.31 bits per heavy atom. The van der Waals surface area contributed by atoms with Crippen molar-refractivity contribution in [3.63, 3.8) is 0 Å². The molecular weight excluding hydrogens is 691 g/mol. The smallest absolute Gasteiger partial charge is 0.243 e. The van der Waals surface area contributed by atoms with Crippen LogP contribution in [0.15, 0.2) is 72.8 Å². The van der Waals surface area contributed by atoms with Crippen LogP contribution in [0.5, 0.6) is 0 Å². The van der Waals surface area contributed by atoms with E-state index in [1.165, 1.54) is 77.0 Å². The highest BCUT2D eigenvalue weighted by molar-refractivity contribution is 5.78. The lowest BCUT2D eigenvalue weighted by Crippen LogP contribution is -2.40. The van der Waals surface area contributed by atoms with Crippen LogP contribution in [0.3, 0.4) is 0 Å². The summed E-state index contributed by atoms with van der Waals surface area (Å²) in [6.07, 6.45) is 16.2. The molecular formula is C46H67N3O6. The standard InChI is InChI=1S/C46H67N3O6/c1-3-5-7-9-11-13-28-49(29-14-12-10-8-6-4-2)34-42-32-43(38-26-24-36(35-50)25-27-38)55-46(54-42)41-21-16-20-40(31-41)39-19-15-18-37(30-39)33-47-44(51)22-17-23-45(52)48-53/h15-16,18-21,24-27,30-31,42-43,46,50,53H,3-14,17,22-23,28-29,32-35H2,1-2H3,(H,47,51)(H,48,52). The first-order valence-electron chi connectivity index (χ1n) is 21.0. The van der Waals surface area contributed by atoms with Crippen molar-refractivity contribution in [1.82, 2.24) is 15.7 Å². The number of nitrogens with one attached hydrogen (secondary N) is 2. The van der Waals surface area contributed by atoms with Crippen molar-refractivity contribution in [1.29, 1.82) is 0 Å². The molecule has 0 radical (unpaired) electrons. The van der Waals surface area contributed by atoms with Gasteiger partial charge in [0.05, 0.1) is 18.8 Å². The molecule has 1 aliphatic heterocycles. The molecule has 9 nitrogen and oxygen atoms in total. The summed E-state index contributed by atoms with van der Waals surface area (Å²) in [5.74, 6) is -0.638. The Hall–Kier alpha value is -3.60. The Bertz CT molecular complexity index is 1520. The van der Waals surface area contributed by atoms with Crippen molar-refractivity contribution in [3.8, 4) is 11.1 Å². The van der Waals surface area contributed by atoms with Gasteiger partial charge in [0.2, 0.25) is 11.8 Å². The minimum atomic E-state index is -0.540. The highest BCUT2D eigenvalue weighted by Gasteiger charge is 2.33. The van der Waals surface area contributed by atoms with Gasteiger partial charge in [0, 0.05) is 37.9 Å². The van der Waals surface area contributed by atoms with E-state index in [1.54, 1.807) is 5.48 Å². The molecule has 0 saturated carbocycles. The predicted molar refractivity (Wildman–Crippen MR) is 219 cm³/mol. The maximum absolute atomic E-state index is 12.4. The van der Waals surface area contributed by atoms with Gasteiger partial charge in [-0.05, 0) is 72.3 Å². The van der Waals surface area contributed by atoms with E-state index in [4.69, 9.17) is 14.7 Å². The Kier molecular flexibility index (Phi) is 20.5. The van der Waals surface area contributed by atoms with Crippen LogP contribution < -0.4 is 10.8 Å². The van der Waals surface area contributed by atoms with E-state index in [9.17, 15) is 14.7 Å². The molecule has 3 aromatic carbocycles. The zero-order chi connectivity index (χ0) is 39.1. The van der Waals surface area contributed by atoms with Gasteiger partial charge in [-0.15, -0.1) is 0 Å². The Labute approximate surface area is 330 Å². The number of aliphatic hydroxyl groups is 1. The van der Waals surface area contributed by atoms with Crippen LogP contribution in [-0.4, -0.2) is 52.8 Å². The summed E-state index contributed by atoms with van der Waals surface area (Å²) < 4.78 is 13.6. The lowest BCUT2D eigenvalue weighted by Gasteiger charge is -2.38. The second kappa shape index (κ2) is 25.5. The van der Waals surface area contributed by atoms with Gasteiger partial charge in [0.15, 0.2) is 6.29 Å². The van der Waals surface area contributed by atoms with Gasteiger partial charge in [0.25, 0.3) is 0 Å². The minimum Gasteiger partial charge on any atom is -0.392 e. The maximum Gasteiger partial charge on any atom is 0.243 e. The van der Waals surface area contributed by atoms with Crippen LogP contribution in [0.25, 0.3) is 11.1 Å². The number of amides is 2. The van der Waals surface area contributed by atoms with Gasteiger partial charge >= 0.3 is 0 Å². The molecule has 3 unspecified atom stereocenters. The summed E-state index contributed by atoms with van der Waals surface area (Å²) in [4.78, 5) is 26.3. The number of benzene rings is 3. The van der Waals surface area contributed by atoms with E-state index >= 15 is 0 Å². The van der Waals surface area contributed by atoms with E-state index < -0.39 is 12.2 Å². The molecule has 1 aliphatic rings. The molecule has 0 aromatic heterocycles. The van der Waals surface area contributed by atoms with Crippen molar-refractivity contribution < 1.29 is 29.4 Å². The lowest BCUT2D eigenvalue weighted by atomic mass is 9.98. The highest BCUT2D eigenvalue weighted by Crippen LogP contribution is 2.39. The van der Waals surface area contributed by atoms with E-state index in [1.807, 2.05) is 30.3 Å². The first-order valence-corrected chi connectivity index (χ1v) is 21.0. The number of carbonyl (C=O) groups is 2. The summed E-state index contributed by atoms with van der Waals surface area (Å²) in [6, 6.07) is 24.6. The van der Waals surface area contributed by atoms with Crippen molar-refractivity contribution in [2.45, 2.75) is 148 Å². The molecule has 55 heavy (non-hydrogen) atoms. The quantitative estimate of drug-likeness (QED) is 0.0366. The fourth-order valence-corrected chi connectivity index (χ4v) is 7.33. The highest BCUT2D eigenvalue weighted by atomic mass is 16.7. The molecule has 302 valence electrons. The zero-order valence-electron chi connectivity index (χ0n) is 33.5. The molecule has 3 atom stereocenters. The van der Waals surface area contributed by atoms with E-state index in [-0.39, 0.29) is 37.6 Å². The molecule has 1 saturated heterocycles. The fraction of sp³-hybridized carbons (Fsp3) is 0.565. The third-order valence-corrected chi connectivity index (χ3v) is 10.6. The maximum atomic E-state index is 12.4. The largest absolute Gasteiger partial charge is 0.392 e. The number of hydrogen-bond donors (Lipinski definition) is 4. The van der Waals surface area contributed by atoms with Crippen LogP contribution in [0.1, 0.15) is 151 Å². The first-order chi connectivity index (χ1) is 26.9. The third-order valence-electron chi connectivity index (χ3n) is 10.6. The van der Waals surface area contributed by atoms with Crippen LogP contribution in [0.2, 0.25) is 0 Å². The molecule has 0 aliphatic carbocycles. The second-order valence-corrected chi connectivity index (χ2v) is 15.2. The topological polar surface area (TPSA) is 120 Å². The number of hydroxylamine groups is 1. The molecule has 1 fully saturated rings. The van der Waals surface area contributed by atoms with E-state index in [2.05, 4.69) is 66.5 Å². The molecule has 3 aromatic rings. The Balaban J connectivity index is 1.47. The number of nitrogens with zero attached hydrogens (tertiary/aromatic N) is 1. The van der Waals surface area contributed by atoms with Gasteiger partial charge in [-0.2, -0.15) is 0 Å². The third kappa shape index (κ3) is 16.2. The molecule has 2 amide bonds. The summed E-state index contributed by atoms with van der Waals surface area (Å²) in [5, 5.41) is 21.3. The van der Waals surface area contributed by atoms with Crippen molar-refractivity contribution >= 4 is 11.8 Å². The van der Waals surface area contributed by atoms with Crippen molar-refractivity contribution in [3.05, 3.63) is 95.1 Å². The average molecular weight is 758 g/mol. The average Bonchev–Trinajstić information content (AvgIpc) is 3.22. The lowest BCUT2D eigenvalue weighted by molar-refractivity contribution is -0.253. The Morgan fingerprint density at radius 1 is 0.691 bits per heavy atom.